The molecule has 0 saturated carbocycles. The van der Waals surface area contributed by atoms with Gasteiger partial charge in [0.2, 0.25) is 5.91 Å². The second-order valence-corrected chi connectivity index (χ2v) is 7.12. The van der Waals surface area contributed by atoms with Gasteiger partial charge in [-0.15, -0.1) is 0 Å². The smallest absolute Gasteiger partial charge is 0.410 e. The van der Waals surface area contributed by atoms with Gasteiger partial charge in [0.15, 0.2) is 0 Å². The highest BCUT2D eigenvalue weighted by Gasteiger charge is 2.37. The molecule has 1 atom stereocenters. The van der Waals surface area contributed by atoms with Crippen LogP contribution in [0.25, 0.3) is 0 Å². The molecule has 0 bridgehead atoms. The predicted molar refractivity (Wildman–Crippen MR) is 84.4 cm³/mol. The summed E-state index contributed by atoms with van der Waals surface area (Å²) in [5.74, 6) is -0.648. The Balaban J connectivity index is 2.53. The van der Waals surface area contributed by atoms with Crippen LogP contribution < -0.4 is 5.73 Å². The topological polar surface area (TPSA) is 81.9 Å². The van der Waals surface area contributed by atoms with Crippen molar-refractivity contribution in [2.24, 2.45) is 11.7 Å². The monoisotopic (exact) mass is 314 g/mol. The van der Waals surface area contributed by atoms with Gasteiger partial charge >= 0.3 is 6.09 Å². The van der Waals surface area contributed by atoms with Crippen molar-refractivity contribution < 1.29 is 19.1 Å². The Kier molecular flexibility index (Phi) is 6.23. The molecule has 1 fully saturated rings. The first-order valence-corrected chi connectivity index (χ1v) is 8.00. The number of rotatable bonds is 5. The number of carbonyl (C=O) groups is 2. The summed E-state index contributed by atoms with van der Waals surface area (Å²) in [5, 5.41) is 0. The van der Waals surface area contributed by atoms with Gasteiger partial charge < -0.3 is 20.1 Å². The number of likely N-dealkylation sites (tertiary alicyclic amines) is 1. The Morgan fingerprint density at radius 3 is 2.23 bits per heavy atom. The first-order valence-electron chi connectivity index (χ1n) is 8.00. The Morgan fingerprint density at radius 2 is 1.82 bits per heavy atom. The lowest BCUT2D eigenvalue weighted by Gasteiger charge is -2.41. The van der Waals surface area contributed by atoms with Gasteiger partial charge in [0.25, 0.3) is 0 Å². The minimum atomic E-state index is -0.482. The Hall–Kier alpha value is -1.30. The van der Waals surface area contributed by atoms with Gasteiger partial charge in [0.1, 0.15) is 5.60 Å². The molecular weight excluding hydrogens is 284 g/mol. The largest absolute Gasteiger partial charge is 0.444 e. The number of ether oxygens (including phenoxy) is 2. The Morgan fingerprint density at radius 1 is 1.27 bits per heavy atom. The average Bonchev–Trinajstić information content (AvgIpc) is 2.43. The molecule has 1 aliphatic heterocycles. The normalized spacial score (nSPS) is 19.6. The molecule has 128 valence electrons. The highest BCUT2D eigenvalue weighted by molar-refractivity contribution is 5.76. The first-order chi connectivity index (χ1) is 10.1. The summed E-state index contributed by atoms with van der Waals surface area (Å²) >= 11 is 0. The molecule has 0 radical (unpaired) electrons. The maximum atomic E-state index is 12.1. The molecule has 1 unspecified atom stereocenters. The van der Waals surface area contributed by atoms with Crippen molar-refractivity contribution in [3.8, 4) is 0 Å². The maximum absolute atomic E-state index is 12.1. The van der Waals surface area contributed by atoms with Gasteiger partial charge in [0.05, 0.1) is 18.1 Å². The molecule has 1 heterocycles. The zero-order chi connectivity index (χ0) is 17.0. The van der Waals surface area contributed by atoms with Crippen LogP contribution in [0.4, 0.5) is 4.79 Å². The third-order valence-electron chi connectivity index (χ3n) is 4.10. The van der Waals surface area contributed by atoms with Crippen molar-refractivity contribution in [2.45, 2.75) is 65.1 Å². The van der Waals surface area contributed by atoms with Crippen LogP contribution in [-0.4, -0.2) is 47.8 Å². The molecule has 1 saturated heterocycles. The Bertz CT molecular complexity index is 395. The highest BCUT2D eigenvalue weighted by Crippen LogP contribution is 2.31. The van der Waals surface area contributed by atoms with Gasteiger partial charge in [-0.3, -0.25) is 4.79 Å². The summed E-state index contributed by atoms with van der Waals surface area (Å²) < 4.78 is 11.4. The van der Waals surface area contributed by atoms with Crippen LogP contribution in [0.15, 0.2) is 0 Å². The molecule has 0 aromatic heterocycles. The molecular formula is C16H30N2O4. The van der Waals surface area contributed by atoms with Gasteiger partial charge in [-0.25, -0.2) is 4.79 Å². The minimum absolute atomic E-state index is 0.275. The number of hydrogen-bond donors (Lipinski definition) is 1. The fourth-order valence-electron chi connectivity index (χ4n) is 2.41. The molecule has 0 aliphatic carbocycles. The van der Waals surface area contributed by atoms with Crippen LogP contribution in [0.1, 0.15) is 53.9 Å². The summed E-state index contributed by atoms with van der Waals surface area (Å²) in [6.45, 7) is 11.0. The number of carbonyl (C=O) groups excluding carboxylic acids is 2. The fraction of sp³-hybridized carbons (Fsp3) is 0.875. The highest BCUT2D eigenvalue weighted by atomic mass is 16.6. The van der Waals surface area contributed by atoms with E-state index in [-0.39, 0.29) is 23.5 Å². The van der Waals surface area contributed by atoms with E-state index in [4.69, 9.17) is 15.2 Å². The van der Waals surface area contributed by atoms with Crippen LogP contribution >= 0.6 is 0 Å². The van der Waals surface area contributed by atoms with E-state index in [1.807, 2.05) is 20.8 Å². The summed E-state index contributed by atoms with van der Waals surface area (Å²) in [4.78, 5) is 24.9. The fourth-order valence-corrected chi connectivity index (χ4v) is 2.41. The van der Waals surface area contributed by atoms with E-state index in [2.05, 4.69) is 6.92 Å². The van der Waals surface area contributed by atoms with Gasteiger partial charge in [-0.05, 0) is 40.0 Å². The van der Waals surface area contributed by atoms with Gasteiger partial charge in [-0.1, -0.05) is 13.8 Å². The van der Waals surface area contributed by atoms with E-state index < -0.39 is 5.60 Å². The zero-order valence-corrected chi connectivity index (χ0v) is 14.5. The number of hydrogen-bond acceptors (Lipinski definition) is 4. The first kappa shape index (κ1) is 18.7. The summed E-state index contributed by atoms with van der Waals surface area (Å²) in [6, 6.07) is 0. The third kappa shape index (κ3) is 5.48. The van der Waals surface area contributed by atoms with Crippen LogP contribution in [0.5, 0.6) is 0 Å². The van der Waals surface area contributed by atoms with E-state index in [9.17, 15) is 9.59 Å². The quantitative estimate of drug-likeness (QED) is 0.844. The summed E-state index contributed by atoms with van der Waals surface area (Å²) in [5.41, 5.74) is 4.51. The molecule has 6 nitrogen and oxygen atoms in total. The molecule has 22 heavy (non-hydrogen) atoms. The van der Waals surface area contributed by atoms with Crippen molar-refractivity contribution in [1.82, 2.24) is 4.90 Å². The van der Waals surface area contributed by atoms with Gasteiger partial charge in [0, 0.05) is 13.1 Å². The lowest BCUT2D eigenvalue weighted by Crippen LogP contribution is -2.49. The van der Waals surface area contributed by atoms with E-state index >= 15 is 0 Å². The van der Waals surface area contributed by atoms with Crippen LogP contribution in [0, 0.1) is 5.92 Å². The average molecular weight is 314 g/mol. The van der Waals surface area contributed by atoms with E-state index in [1.54, 1.807) is 11.8 Å². The molecule has 0 aromatic rings. The molecule has 1 rings (SSSR count). The number of piperidine rings is 1. The van der Waals surface area contributed by atoms with E-state index in [0.717, 1.165) is 19.3 Å². The van der Waals surface area contributed by atoms with E-state index in [0.29, 0.717) is 19.7 Å². The summed E-state index contributed by atoms with van der Waals surface area (Å²) in [7, 11) is 0. The maximum Gasteiger partial charge on any atom is 0.410 e. The number of primary amides is 1. The van der Waals surface area contributed by atoms with E-state index in [1.165, 1.54) is 0 Å². The predicted octanol–water partition coefficient (Wildman–Crippen LogP) is 2.30. The standard InChI is InChI=1S/C16H30N2O4/c1-6-16(21-11-12(2)13(17)19)7-9-18(10-8-16)14(20)22-15(3,4)5/h12H,6-11H2,1-5H3,(H2,17,19). The zero-order valence-electron chi connectivity index (χ0n) is 14.5. The lowest BCUT2D eigenvalue weighted by molar-refractivity contribution is -0.130. The van der Waals surface area contributed by atoms with Crippen molar-refractivity contribution in [2.75, 3.05) is 19.7 Å². The summed E-state index contributed by atoms with van der Waals surface area (Å²) in [6.07, 6.45) is 2.06. The Labute approximate surface area is 133 Å². The minimum Gasteiger partial charge on any atom is -0.444 e. The lowest BCUT2D eigenvalue weighted by atomic mass is 9.88. The molecule has 2 N–H and O–H groups in total. The van der Waals surface area contributed by atoms with Gasteiger partial charge in [-0.2, -0.15) is 0 Å². The molecule has 0 aromatic carbocycles. The second kappa shape index (κ2) is 7.31. The number of amides is 2. The van der Waals surface area contributed by atoms with Crippen molar-refractivity contribution in [1.29, 1.82) is 0 Å². The molecule has 1 aliphatic rings. The van der Waals surface area contributed by atoms with Crippen molar-refractivity contribution in [3.63, 3.8) is 0 Å². The molecule has 2 amide bonds. The second-order valence-electron chi connectivity index (χ2n) is 7.12. The number of nitrogens with zero attached hydrogens (tertiary/aromatic N) is 1. The van der Waals surface area contributed by atoms with Crippen LogP contribution in [0.3, 0.4) is 0 Å². The van der Waals surface area contributed by atoms with Crippen LogP contribution in [-0.2, 0) is 14.3 Å². The van der Waals surface area contributed by atoms with Crippen molar-refractivity contribution >= 4 is 12.0 Å². The van der Waals surface area contributed by atoms with Crippen LogP contribution in [0.2, 0.25) is 0 Å². The molecule has 6 heteroatoms. The SMILES string of the molecule is CCC1(OCC(C)C(N)=O)CCN(C(=O)OC(C)(C)C)CC1. The molecule has 0 spiro atoms. The number of nitrogens with two attached hydrogens (primary N) is 1. The van der Waals surface area contributed by atoms with Crippen molar-refractivity contribution in [3.05, 3.63) is 0 Å². The third-order valence-corrected chi connectivity index (χ3v) is 4.10.